The lowest BCUT2D eigenvalue weighted by atomic mass is 9.89. The Balaban J connectivity index is 1.67. The number of amides is 2. The molecule has 4 aromatic carbocycles. The van der Waals surface area contributed by atoms with Crippen LogP contribution in [0.25, 0.3) is 21.5 Å². The summed E-state index contributed by atoms with van der Waals surface area (Å²) >= 11 is 0. The molecule has 1 aliphatic heterocycles. The molecule has 6 nitrogen and oxygen atoms in total. The Labute approximate surface area is 197 Å². The summed E-state index contributed by atoms with van der Waals surface area (Å²) in [6.07, 6.45) is 1.75. The Morgan fingerprint density at radius 1 is 0.971 bits per heavy atom. The van der Waals surface area contributed by atoms with Gasteiger partial charge in [0.2, 0.25) is 0 Å². The SMILES string of the molecule is CN(C)CCN1C(=O)c2cccc3cc4c(N=Cc5ccc(C#N)cc5)cccc4c(c23)C1=O. The van der Waals surface area contributed by atoms with Gasteiger partial charge >= 0.3 is 0 Å². The minimum absolute atomic E-state index is 0.251. The predicted octanol–water partition coefficient (Wildman–Crippen LogP) is 4.77. The van der Waals surface area contributed by atoms with Crippen molar-refractivity contribution in [2.24, 2.45) is 4.99 Å². The maximum atomic E-state index is 13.6. The number of carbonyl (C=O) groups excluding carboxylic acids is 2. The van der Waals surface area contributed by atoms with Gasteiger partial charge in [-0.1, -0.05) is 36.4 Å². The van der Waals surface area contributed by atoms with Crippen LogP contribution in [-0.4, -0.2) is 55.0 Å². The fourth-order valence-corrected chi connectivity index (χ4v) is 4.36. The fraction of sp³-hybridized carbons (Fsp3) is 0.143. The lowest BCUT2D eigenvalue weighted by Crippen LogP contribution is -2.43. The summed E-state index contributed by atoms with van der Waals surface area (Å²) in [5, 5.41) is 12.2. The number of nitriles is 1. The van der Waals surface area contributed by atoms with Crippen LogP contribution >= 0.6 is 0 Å². The highest BCUT2D eigenvalue weighted by molar-refractivity contribution is 6.31. The number of fused-ring (bicyclic) bond motifs is 2. The fourth-order valence-electron chi connectivity index (χ4n) is 4.36. The highest BCUT2D eigenvalue weighted by Crippen LogP contribution is 2.38. The van der Waals surface area contributed by atoms with Gasteiger partial charge in [0.25, 0.3) is 11.8 Å². The summed E-state index contributed by atoms with van der Waals surface area (Å²) in [4.78, 5) is 34.8. The second-order valence-electron chi connectivity index (χ2n) is 8.58. The van der Waals surface area contributed by atoms with Crippen molar-refractivity contribution in [1.29, 1.82) is 5.26 Å². The van der Waals surface area contributed by atoms with E-state index in [1.54, 1.807) is 24.4 Å². The van der Waals surface area contributed by atoms with Gasteiger partial charge < -0.3 is 4.90 Å². The van der Waals surface area contributed by atoms with Crippen molar-refractivity contribution in [3.8, 4) is 6.07 Å². The zero-order valence-corrected chi connectivity index (χ0v) is 18.9. The number of carbonyl (C=O) groups is 2. The molecule has 0 fully saturated rings. The molecule has 166 valence electrons. The van der Waals surface area contributed by atoms with Crippen LogP contribution in [0.3, 0.4) is 0 Å². The summed E-state index contributed by atoms with van der Waals surface area (Å²) in [6.45, 7) is 0.918. The van der Waals surface area contributed by atoms with Crippen LogP contribution in [0.1, 0.15) is 31.8 Å². The molecule has 0 unspecified atom stereocenters. The molecule has 1 heterocycles. The molecular weight excluding hydrogens is 424 g/mol. The predicted molar refractivity (Wildman–Crippen MR) is 134 cm³/mol. The normalized spacial score (nSPS) is 13.4. The van der Waals surface area contributed by atoms with E-state index in [2.05, 4.69) is 6.07 Å². The van der Waals surface area contributed by atoms with Gasteiger partial charge in [-0.05, 0) is 60.8 Å². The molecule has 0 radical (unpaired) electrons. The number of nitrogens with zero attached hydrogens (tertiary/aromatic N) is 4. The molecule has 0 spiro atoms. The Bertz CT molecular complexity index is 1530. The largest absolute Gasteiger partial charge is 0.308 e. The van der Waals surface area contributed by atoms with Crippen LogP contribution in [0.4, 0.5) is 5.69 Å². The van der Waals surface area contributed by atoms with E-state index in [-0.39, 0.29) is 11.8 Å². The van der Waals surface area contributed by atoms with E-state index in [1.807, 2.05) is 67.5 Å². The first-order valence-electron chi connectivity index (χ1n) is 11.0. The van der Waals surface area contributed by atoms with Gasteiger partial charge in [0.15, 0.2) is 0 Å². The zero-order chi connectivity index (χ0) is 23.8. The van der Waals surface area contributed by atoms with Crippen molar-refractivity contribution in [2.75, 3.05) is 27.2 Å². The molecule has 34 heavy (non-hydrogen) atoms. The average molecular weight is 447 g/mol. The van der Waals surface area contributed by atoms with E-state index in [1.165, 1.54) is 4.90 Å². The lowest BCUT2D eigenvalue weighted by Gasteiger charge is -2.29. The molecule has 0 saturated heterocycles. The van der Waals surface area contributed by atoms with Gasteiger partial charge in [0, 0.05) is 35.6 Å². The summed E-state index contributed by atoms with van der Waals surface area (Å²) in [5.41, 5.74) is 3.30. The van der Waals surface area contributed by atoms with Crippen LogP contribution in [0.15, 0.2) is 71.7 Å². The third kappa shape index (κ3) is 3.62. The third-order valence-electron chi connectivity index (χ3n) is 6.10. The number of rotatable bonds is 5. The average Bonchev–Trinajstić information content (AvgIpc) is 2.85. The second kappa shape index (κ2) is 8.54. The molecule has 0 bridgehead atoms. The molecule has 5 rings (SSSR count). The molecule has 1 aliphatic rings. The molecule has 0 N–H and O–H groups in total. The van der Waals surface area contributed by atoms with Crippen LogP contribution in [0, 0.1) is 11.3 Å². The van der Waals surface area contributed by atoms with Crippen LogP contribution < -0.4 is 0 Å². The van der Waals surface area contributed by atoms with Crippen LogP contribution in [0.5, 0.6) is 0 Å². The maximum Gasteiger partial charge on any atom is 0.262 e. The first kappa shape index (κ1) is 21.5. The van der Waals surface area contributed by atoms with Gasteiger partial charge in [-0.3, -0.25) is 19.5 Å². The summed E-state index contributed by atoms with van der Waals surface area (Å²) < 4.78 is 0. The summed E-state index contributed by atoms with van der Waals surface area (Å²) in [5.74, 6) is -0.520. The minimum Gasteiger partial charge on any atom is -0.308 e. The van der Waals surface area contributed by atoms with E-state index in [0.717, 1.165) is 27.4 Å². The van der Waals surface area contributed by atoms with Crippen molar-refractivity contribution in [3.63, 3.8) is 0 Å². The highest BCUT2D eigenvalue weighted by atomic mass is 16.2. The standard InChI is InChI=1S/C28H22N4O2/c1-31(2)13-14-32-27(33)22-7-3-5-20-15-23-21(26(25(20)22)28(32)34)6-4-8-24(23)30-17-19-11-9-18(16-29)10-12-19/h3-12,15,17H,13-14H2,1-2H3. The number of aliphatic imine (C=N–C) groups is 1. The van der Waals surface area contributed by atoms with Crippen molar-refractivity contribution < 1.29 is 9.59 Å². The van der Waals surface area contributed by atoms with E-state index in [9.17, 15) is 9.59 Å². The van der Waals surface area contributed by atoms with E-state index in [0.29, 0.717) is 35.2 Å². The summed E-state index contributed by atoms with van der Waals surface area (Å²) in [6, 6.07) is 22.6. The monoisotopic (exact) mass is 446 g/mol. The quantitative estimate of drug-likeness (QED) is 0.251. The van der Waals surface area contributed by atoms with Crippen molar-refractivity contribution in [2.45, 2.75) is 0 Å². The first-order chi connectivity index (χ1) is 16.5. The van der Waals surface area contributed by atoms with Gasteiger partial charge in [-0.25, -0.2) is 0 Å². The number of hydrogen-bond donors (Lipinski definition) is 0. The highest BCUT2D eigenvalue weighted by Gasteiger charge is 2.34. The molecule has 0 aromatic heterocycles. The number of benzene rings is 4. The maximum absolute atomic E-state index is 13.6. The minimum atomic E-state index is -0.269. The zero-order valence-electron chi connectivity index (χ0n) is 18.9. The van der Waals surface area contributed by atoms with Gasteiger partial charge in [-0.2, -0.15) is 5.26 Å². The molecular formula is C28H22N4O2. The molecule has 2 amide bonds. The lowest BCUT2D eigenvalue weighted by molar-refractivity contribution is 0.0602. The smallest absolute Gasteiger partial charge is 0.262 e. The van der Waals surface area contributed by atoms with Crippen molar-refractivity contribution in [3.05, 3.63) is 89.0 Å². The van der Waals surface area contributed by atoms with Crippen molar-refractivity contribution >= 4 is 45.3 Å². The number of hydrogen-bond acceptors (Lipinski definition) is 5. The summed E-state index contributed by atoms with van der Waals surface area (Å²) in [7, 11) is 3.84. The van der Waals surface area contributed by atoms with Crippen LogP contribution in [-0.2, 0) is 0 Å². The molecule has 0 atom stereocenters. The van der Waals surface area contributed by atoms with E-state index in [4.69, 9.17) is 10.3 Å². The van der Waals surface area contributed by atoms with E-state index >= 15 is 0 Å². The molecule has 0 aliphatic carbocycles. The van der Waals surface area contributed by atoms with Crippen LogP contribution in [0.2, 0.25) is 0 Å². The number of likely N-dealkylation sites (N-methyl/N-ethyl adjacent to an activating group) is 1. The molecule has 6 heteroatoms. The molecule has 0 saturated carbocycles. The second-order valence-corrected chi connectivity index (χ2v) is 8.58. The number of imide groups is 1. The Hall–Kier alpha value is -4.34. The third-order valence-corrected chi connectivity index (χ3v) is 6.10. The Kier molecular flexibility index (Phi) is 5.40. The van der Waals surface area contributed by atoms with Gasteiger partial charge in [0.1, 0.15) is 0 Å². The topological polar surface area (TPSA) is 76.8 Å². The van der Waals surface area contributed by atoms with Crippen molar-refractivity contribution in [1.82, 2.24) is 9.80 Å². The van der Waals surface area contributed by atoms with E-state index < -0.39 is 0 Å². The Morgan fingerprint density at radius 3 is 2.47 bits per heavy atom. The molecule has 4 aromatic rings. The van der Waals surface area contributed by atoms with Gasteiger partial charge in [0.05, 0.1) is 22.9 Å². The first-order valence-corrected chi connectivity index (χ1v) is 11.0. The Morgan fingerprint density at radius 2 is 1.74 bits per heavy atom. The van der Waals surface area contributed by atoms with Gasteiger partial charge in [-0.15, -0.1) is 0 Å².